The summed E-state index contributed by atoms with van der Waals surface area (Å²) in [4.78, 5) is 27.8. The molecule has 1 rings (SSSR count). The van der Waals surface area contributed by atoms with Gasteiger partial charge < -0.3 is 10.1 Å². The molecule has 1 amide bonds. The minimum atomic E-state index is -0.682. The van der Waals surface area contributed by atoms with Crippen LogP contribution in [0.15, 0.2) is 85.3 Å². The van der Waals surface area contributed by atoms with Crippen LogP contribution < -0.4 is 5.32 Å². The summed E-state index contributed by atoms with van der Waals surface area (Å²) in [6.07, 6.45) is 30.8. The van der Waals surface area contributed by atoms with E-state index in [-0.39, 0.29) is 11.9 Å². The summed E-state index contributed by atoms with van der Waals surface area (Å²) >= 11 is 0. The van der Waals surface area contributed by atoms with Gasteiger partial charge in [0.15, 0.2) is 6.23 Å². The monoisotopic (exact) mass is 450 g/mol. The standard InChI is InChI=1S/C28H38N2O3/c1-3-4-5-6-7-8-9-10-11-12-13-14-15-16-17-18-19-22-27(31)33-25(2)30-28(32)26-21-20-23-29-24-26/h4-5,7-8,10-11,13-14,16-17,20-21,23-25H,3,6,9,12,15,18-19,22H2,1-2H3,(H,30,32)/b5-4-,8-7-,11-10-,14-13-,17-16-. The second-order valence-electron chi connectivity index (χ2n) is 7.45. The van der Waals surface area contributed by atoms with Gasteiger partial charge in [-0.25, -0.2) is 0 Å². The number of ether oxygens (including phenoxy) is 1. The lowest BCUT2D eigenvalue weighted by Gasteiger charge is -2.14. The smallest absolute Gasteiger partial charge is 0.307 e. The van der Waals surface area contributed by atoms with Crippen LogP contribution >= 0.6 is 0 Å². The molecule has 0 aliphatic carbocycles. The molecule has 0 fully saturated rings. The Morgan fingerprint density at radius 1 is 0.939 bits per heavy atom. The highest BCUT2D eigenvalue weighted by Gasteiger charge is 2.13. The van der Waals surface area contributed by atoms with Gasteiger partial charge in [-0.15, -0.1) is 0 Å². The molecule has 0 aromatic carbocycles. The Morgan fingerprint density at radius 3 is 2.06 bits per heavy atom. The van der Waals surface area contributed by atoms with Crippen LogP contribution in [0.4, 0.5) is 0 Å². The van der Waals surface area contributed by atoms with E-state index in [1.54, 1.807) is 25.3 Å². The number of carbonyl (C=O) groups is 2. The maximum Gasteiger partial charge on any atom is 0.307 e. The predicted octanol–water partition coefficient (Wildman–Crippen LogP) is 6.62. The highest BCUT2D eigenvalue weighted by Crippen LogP contribution is 2.03. The summed E-state index contributed by atoms with van der Waals surface area (Å²) in [5, 5.41) is 2.63. The summed E-state index contributed by atoms with van der Waals surface area (Å²) in [5.41, 5.74) is 0.429. The highest BCUT2D eigenvalue weighted by molar-refractivity contribution is 5.94. The number of pyridine rings is 1. The zero-order valence-electron chi connectivity index (χ0n) is 20.0. The fourth-order valence-corrected chi connectivity index (χ4v) is 2.78. The van der Waals surface area contributed by atoms with Crippen molar-refractivity contribution in [3.05, 3.63) is 90.9 Å². The molecule has 0 aliphatic rings. The summed E-state index contributed by atoms with van der Waals surface area (Å²) in [5.74, 6) is -0.636. The van der Waals surface area contributed by atoms with E-state index in [0.29, 0.717) is 18.4 Å². The molecule has 178 valence electrons. The van der Waals surface area contributed by atoms with Crippen molar-refractivity contribution in [3.8, 4) is 0 Å². The van der Waals surface area contributed by atoms with Gasteiger partial charge >= 0.3 is 5.97 Å². The molecule has 33 heavy (non-hydrogen) atoms. The third-order valence-corrected chi connectivity index (χ3v) is 4.48. The lowest BCUT2D eigenvalue weighted by molar-refractivity contribution is -0.149. The van der Waals surface area contributed by atoms with E-state index in [4.69, 9.17) is 4.74 Å². The van der Waals surface area contributed by atoms with Crippen LogP contribution in [0.1, 0.15) is 75.6 Å². The van der Waals surface area contributed by atoms with Gasteiger partial charge in [0, 0.05) is 18.8 Å². The van der Waals surface area contributed by atoms with Crippen LogP contribution in [0, 0.1) is 0 Å². The second-order valence-corrected chi connectivity index (χ2v) is 7.45. The molecule has 0 bridgehead atoms. The number of hydrogen-bond donors (Lipinski definition) is 1. The van der Waals surface area contributed by atoms with E-state index in [9.17, 15) is 9.59 Å². The van der Waals surface area contributed by atoms with Crippen LogP contribution in [0.3, 0.4) is 0 Å². The van der Waals surface area contributed by atoms with Crippen molar-refractivity contribution in [1.82, 2.24) is 10.3 Å². The van der Waals surface area contributed by atoms with Crippen molar-refractivity contribution in [2.75, 3.05) is 0 Å². The maximum absolute atomic E-state index is 12.0. The van der Waals surface area contributed by atoms with Gasteiger partial charge in [-0.1, -0.05) is 67.7 Å². The normalized spacial score (nSPS) is 13.0. The zero-order valence-corrected chi connectivity index (χ0v) is 20.0. The van der Waals surface area contributed by atoms with E-state index >= 15 is 0 Å². The molecule has 0 spiro atoms. The van der Waals surface area contributed by atoms with Crippen LogP contribution in [-0.2, 0) is 9.53 Å². The van der Waals surface area contributed by atoms with Crippen molar-refractivity contribution in [1.29, 1.82) is 0 Å². The van der Waals surface area contributed by atoms with Gasteiger partial charge in [-0.05, 0) is 64.0 Å². The van der Waals surface area contributed by atoms with E-state index in [2.05, 4.69) is 78.0 Å². The Labute approximate surface area is 199 Å². The van der Waals surface area contributed by atoms with Gasteiger partial charge in [0.05, 0.1) is 5.56 Å². The van der Waals surface area contributed by atoms with E-state index in [0.717, 1.165) is 38.5 Å². The Bertz CT molecular complexity index is 808. The van der Waals surface area contributed by atoms with Crippen molar-refractivity contribution in [3.63, 3.8) is 0 Å². The Kier molecular flexibility index (Phi) is 16.4. The number of hydrogen-bond acceptors (Lipinski definition) is 4. The minimum absolute atomic E-state index is 0.317. The second kappa shape index (κ2) is 19.5. The molecule has 1 N–H and O–H groups in total. The SMILES string of the molecule is CC/C=C\C/C=C\C/C=C\C/C=C\C/C=C\CCCC(=O)OC(C)NC(=O)c1cccnc1. The Hall–Kier alpha value is -3.21. The summed E-state index contributed by atoms with van der Waals surface area (Å²) in [7, 11) is 0. The Morgan fingerprint density at radius 2 is 1.52 bits per heavy atom. The van der Waals surface area contributed by atoms with Crippen molar-refractivity contribution in [2.45, 2.75) is 71.4 Å². The molecular formula is C28H38N2O3. The van der Waals surface area contributed by atoms with Crippen molar-refractivity contribution in [2.24, 2.45) is 0 Å². The fraction of sp³-hybridized carbons (Fsp3) is 0.393. The third kappa shape index (κ3) is 16.1. The molecule has 5 heteroatoms. The lowest BCUT2D eigenvalue weighted by atomic mass is 10.2. The quantitative estimate of drug-likeness (QED) is 0.133. The molecular weight excluding hydrogens is 412 g/mol. The molecule has 1 heterocycles. The predicted molar refractivity (Wildman–Crippen MR) is 136 cm³/mol. The number of aromatic nitrogens is 1. The van der Waals surface area contributed by atoms with Crippen LogP contribution in [0.25, 0.3) is 0 Å². The number of amides is 1. The van der Waals surface area contributed by atoms with Crippen molar-refractivity contribution < 1.29 is 14.3 Å². The number of nitrogens with one attached hydrogen (secondary N) is 1. The molecule has 0 aliphatic heterocycles. The first kappa shape index (κ1) is 27.8. The lowest BCUT2D eigenvalue weighted by Crippen LogP contribution is -2.36. The largest absolute Gasteiger partial charge is 0.442 e. The summed E-state index contributed by atoms with van der Waals surface area (Å²) in [6.45, 7) is 3.78. The number of nitrogens with zero attached hydrogens (tertiary/aromatic N) is 1. The van der Waals surface area contributed by atoms with E-state index in [1.165, 1.54) is 6.20 Å². The third-order valence-electron chi connectivity index (χ3n) is 4.48. The van der Waals surface area contributed by atoms with Crippen molar-refractivity contribution >= 4 is 11.9 Å². The molecule has 1 atom stereocenters. The fourth-order valence-electron chi connectivity index (χ4n) is 2.78. The van der Waals surface area contributed by atoms with Crippen LogP contribution in [0.5, 0.6) is 0 Å². The molecule has 1 aromatic heterocycles. The van der Waals surface area contributed by atoms with E-state index in [1.807, 2.05) is 0 Å². The summed E-state index contributed by atoms with van der Waals surface area (Å²) < 4.78 is 5.23. The first-order valence-electron chi connectivity index (χ1n) is 11.8. The van der Waals surface area contributed by atoms with Gasteiger partial charge in [0.2, 0.25) is 0 Å². The van der Waals surface area contributed by atoms with E-state index < -0.39 is 6.23 Å². The number of allylic oxidation sites excluding steroid dienone is 10. The average molecular weight is 451 g/mol. The van der Waals surface area contributed by atoms with Crippen LogP contribution in [0.2, 0.25) is 0 Å². The number of carbonyl (C=O) groups excluding carboxylic acids is 2. The average Bonchev–Trinajstić information content (AvgIpc) is 2.81. The highest BCUT2D eigenvalue weighted by atomic mass is 16.6. The van der Waals surface area contributed by atoms with Gasteiger partial charge in [0.1, 0.15) is 0 Å². The minimum Gasteiger partial charge on any atom is -0.442 e. The van der Waals surface area contributed by atoms with Gasteiger partial charge in [-0.2, -0.15) is 0 Å². The molecule has 0 saturated heterocycles. The maximum atomic E-state index is 12.0. The molecule has 0 saturated carbocycles. The first-order chi connectivity index (χ1) is 16.1. The zero-order chi connectivity index (χ0) is 24.0. The number of esters is 1. The molecule has 1 aromatic rings. The molecule has 0 radical (unpaired) electrons. The first-order valence-corrected chi connectivity index (χ1v) is 11.8. The number of unbranched alkanes of at least 4 members (excludes halogenated alkanes) is 1. The molecule has 1 unspecified atom stereocenters. The topological polar surface area (TPSA) is 68.3 Å². The van der Waals surface area contributed by atoms with Gasteiger partial charge in [-0.3, -0.25) is 14.6 Å². The van der Waals surface area contributed by atoms with Crippen LogP contribution in [-0.4, -0.2) is 23.1 Å². The number of rotatable bonds is 16. The Balaban J connectivity index is 2.04. The summed E-state index contributed by atoms with van der Waals surface area (Å²) in [6, 6.07) is 3.34. The van der Waals surface area contributed by atoms with Gasteiger partial charge in [0.25, 0.3) is 5.91 Å². The molecule has 5 nitrogen and oxygen atoms in total.